The molecule has 1 amide bonds. The van der Waals surface area contributed by atoms with Crippen LogP contribution in [0.25, 0.3) is 0 Å². The first kappa shape index (κ1) is 12.6. The Morgan fingerprint density at radius 3 is 2.71 bits per heavy atom. The molecule has 0 spiro atoms. The maximum Gasteiger partial charge on any atom is 0.346 e. The van der Waals surface area contributed by atoms with E-state index in [2.05, 4.69) is 9.97 Å². The van der Waals surface area contributed by atoms with E-state index in [4.69, 9.17) is 15.9 Å². The Bertz CT molecular complexity index is 497. The minimum Gasteiger partial charge on any atom is -0.480 e. The highest BCUT2D eigenvalue weighted by Crippen LogP contribution is 2.03. The van der Waals surface area contributed by atoms with Gasteiger partial charge in [-0.1, -0.05) is 0 Å². The lowest BCUT2D eigenvalue weighted by Crippen LogP contribution is -2.43. The summed E-state index contributed by atoms with van der Waals surface area (Å²) in [5, 5.41) is 19.3. The molecule has 92 valence electrons. The monoisotopic (exact) mass is 242 g/mol. The summed E-state index contributed by atoms with van der Waals surface area (Å²) in [6.45, 7) is -0.766. The maximum atomic E-state index is 11.5. The number of hydrogen-bond donors (Lipinski definition) is 5. The van der Waals surface area contributed by atoms with E-state index in [-0.39, 0.29) is 11.4 Å². The molecule has 9 heteroatoms. The predicted octanol–water partition coefficient (Wildman–Crippen LogP) is -2.47. The minimum absolute atomic E-state index is 0.177. The summed E-state index contributed by atoms with van der Waals surface area (Å²) in [6.07, 6.45) is 0.916. The van der Waals surface area contributed by atoms with E-state index in [0.29, 0.717) is 0 Å². The van der Waals surface area contributed by atoms with Gasteiger partial charge in [-0.15, -0.1) is 0 Å². The molecule has 0 fully saturated rings. The molecule has 1 aromatic heterocycles. The van der Waals surface area contributed by atoms with Crippen molar-refractivity contribution < 1.29 is 19.8 Å². The zero-order valence-corrected chi connectivity index (χ0v) is 8.51. The van der Waals surface area contributed by atoms with Crippen molar-refractivity contribution >= 4 is 17.7 Å². The number of H-pyrrole nitrogens is 1. The Morgan fingerprint density at radius 2 is 2.24 bits per heavy atom. The summed E-state index contributed by atoms with van der Waals surface area (Å²) in [5.41, 5.74) is 4.45. The van der Waals surface area contributed by atoms with Gasteiger partial charge in [-0.2, -0.15) is 0 Å². The number of carboxylic acids is 1. The zero-order chi connectivity index (χ0) is 13.0. The van der Waals surface area contributed by atoms with Crippen molar-refractivity contribution in [1.29, 1.82) is 0 Å². The molecule has 0 radical (unpaired) electrons. The Balaban J connectivity index is 2.90. The summed E-state index contributed by atoms with van der Waals surface area (Å²) in [4.78, 5) is 38.2. The average Bonchev–Trinajstić information content (AvgIpc) is 2.24. The molecule has 17 heavy (non-hydrogen) atoms. The van der Waals surface area contributed by atoms with Gasteiger partial charge >= 0.3 is 11.7 Å². The van der Waals surface area contributed by atoms with Crippen LogP contribution in [0.4, 0.5) is 5.82 Å². The molecule has 0 saturated carbocycles. The third-order valence-electron chi connectivity index (χ3n) is 1.87. The molecule has 1 aromatic rings. The number of rotatable bonds is 4. The second kappa shape index (κ2) is 5.07. The van der Waals surface area contributed by atoms with Crippen molar-refractivity contribution in [2.45, 2.75) is 6.04 Å². The van der Waals surface area contributed by atoms with E-state index < -0.39 is 30.2 Å². The van der Waals surface area contributed by atoms with E-state index >= 15 is 0 Å². The number of nitrogens with zero attached hydrogens (tertiary/aromatic N) is 1. The van der Waals surface area contributed by atoms with Crippen molar-refractivity contribution in [2.75, 3.05) is 12.3 Å². The maximum absolute atomic E-state index is 11.5. The smallest absolute Gasteiger partial charge is 0.346 e. The van der Waals surface area contributed by atoms with Crippen LogP contribution < -0.4 is 16.7 Å². The molecule has 0 unspecified atom stereocenters. The highest BCUT2D eigenvalue weighted by Gasteiger charge is 2.21. The number of nitrogens with two attached hydrogens (primary N) is 1. The van der Waals surface area contributed by atoms with Crippen molar-refractivity contribution in [1.82, 2.24) is 15.3 Å². The molecule has 6 N–H and O–H groups in total. The largest absolute Gasteiger partial charge is 0.480 e. The topological polar surface area (TPSA) is 158 Å². The Kier molecular flexibility index (Phi) is 3.78. The lowest BCUT2D eigenvalue weighted by Gasteiger charge is -2.11. The van der Waals surface area contributed by atoms with Crippen LogP contribution in [0, 0.1) is 0 Å². The number of aromatic amines is 1. The number of amides is 1. The fourth-order valence-corrected chi connectivity index (χ4v) is 1.01. The molecule has 0 aliphatic heterocycles. The van der Waals surface area contributed by atoms with E-state index in [0.717, 1.165) is 6.20 Å². The van der Waals surface area contributed by atoms with E-state index in [1.165, 1.54) is 0 Å². The lowest BCUT2D eigenvalue weighted by atomic mass is 10.2. The van der Waals surface area contributed by atoms with Crippen molar-refractivity contribution in [3.63, 3.8) is 0 Å². The van der Waals surface area contributed by atoms with Gasteiger partial charge in [-0.3, -0.25) is 9.78 Å². The fourth-order valence-electron chi connectivity index (χ4n) is 1.01. The van der Waals surface area contributed by atoms with Gasteiger partial charge in [0.1, 0.15) is 5.82 Å². The third-order valence-corrected chi connectivity index (χ3v) is 1.87. The first-order valence-corrected chi connectivity index (χ1v) is 4.45. The van der Waals surface area contributed by atoms with Crippen LogP contribution in [0.15, 0.2) is 11.0 Å². The quantitative estimate of drug-likeness (QED) is 0.391. The molecular weight excluding hydrogens is 232 g/mol. The number of aliphatic carboxylic acids is 1. The highest BCUT2D eigenvalue weighted by molar-refractivity contribution is 5.99. The first-order valence-electron chi connectivity index (χ1n) is 4.45. The second-order valence-electron chi connectivity index (χ2n) is 3.06. The SMILES string of the molecule is Nc1[nH]c(=O)ncc1C(=O)N[C@@H](CO)C(=O)O. The standard InChI is InChI=1S/C8H10N4O5/c9-5-3(1-10-8(17)12-5)6(14)11-4(2-13)7(15)16/h1,4,13H,2H2,(H,11,14)(H,15,16)(H3,9,10,12,17)/t4-/m0/s1. The number of carbonyl (C=O) groups is 2. The molecule has 0 aliphatic carbocycles. The van der Waals surface area contributed by atoms with Gasteiger partial charge in [0.05, 0.1) is 12.2 Å². The number of nitrogens with one attached hydrogen (secondary N) is 2. The highest BCUT2D eigenvalue weighted by atomic mass is 16.4. The Labute approximate surface area is 94.3 Å². The average molecular weight is 242 g/mol. The number of anilines is 1. The van der Waals surface area contributed by atoms with Crippen LogP contribution in [0.5, 0.6) is 0 Å². The number of nitrogen functional groups attached to an aromatic ring is 1. The number of hydrogen-bond acceptors (Lipinski definition) is 6. The van der Waals surface area contributed by atoms with E-state index in [1.807, 2.05) is 5.32 Å². The van der Waals surface area contributed by atoms with Crippen molar-refractivity contribution in [2.24, 2.45) is 0 Å². The molecule has 1 rings (SSSR count). The molecule has 9 nitrogen and oxygen atoms in total. The Morgan fingerprint density at radius 1 is 1.59 bits per heavy atom. The van der Waals surface area contributed by atoms with Crippen molar-refractivity contribution in [3.8, 4) is 0 Å². The van der Waals surface area contributed by atoms with Crippen molar-refractivity contribution in [3.05, 3.63) is 22.2 Å². The number of aliphatic hydroxyl groups is 1. The molecule has 1 atom stereocenters. The fraction of sp³-hybridized carbons (Fsp3) is 0.250. The van der Waals surface area contributed by atoms with Gasteiger partial charge in [0, 0.05) is 6.20 Å². The van der Waals surface area contributed by atoms with Crippen LogP contribution in [0.1, 0.15) is 10.4 Å². The minimum atomic E-state index is -1.45. The van der Waals surface area contributed by atoms with Crippen LogP contribution in [-0.2, 0) is 4.79 Å². The van der Waals surface area contributed by atoms with Gasteiger partial charge in [-0.25, -0.2) is 14.6 Å². The van der Waals surface area contributed by atoms with Crippen LogP contribution in [0.3, 0.4) is 0 Å². The number of aliphatic hydroxyl groups excluding tert-OH is 1. The van der Waals surface area contributed by atoms with Crippen LogP contribution in [0.2, 0.25) is 0 Å². The molecule has 1 heterocycles. The van der Waals surface area contributed by atoms with Gasteiger partial charge < -0.3 is 21.3 Å². The molecular formula is C8H10N4O5. The number of aromatic nitrogens is 2. The molecule has 0 aromatic carbocycles. The summed E-state index contributed by atoms with van der Waals surface area (Å²) < 4.78 is 0. The summed E-state index contributed by atoms with van der Waals surface area (Å²) in [5.74, 6) is -2.48. The van der Waals surface area contributed by atoms with Gasteiger partial charge in [0.15, 0.2) is 6.04 Å². The predicted molar refractivity (Wildman–Crippen MR) is 55.2 cm³/mol. The number of carboxylic acid groups (broad SMARTS) is 1. The van der Waals surface area contributed by atoms with Crippen LogP contribution >= 0.6 is 0 Å². The number of carbonyl (C=O) groups excluding carboxylic acids is 1. The molecule has 0 aliphatic rings. The van der Waals surface area contributed by atoms with E-state index in [9.17, 15) is 14.4 Å². The lowest BCUT2D eigenvalue weighted by molar-refractivity contribution is -0.140. The molecule has 0 saturated heterocycles. The second-order valence-corrected chi connectivity index (χ2v) is 3.06. The summed E-state index contributed by atoms with van der Waals surface area (Å²) >= 11 is 0. The van der Waals surface area contributed by atoms with Crippen LogP contribution in [-0.4, -0.2) is 44.7 Å². The van der Waals surface area contributed by atoms with Gasteiger partial charge in [0.2, 0.25) is 0 Å². The third kappa shape index (κ3) is 3.01. The summed E-state index contributed by atoms with van der Waals surface area (Å²) in [6, 6.07) is -1.45. The molecule has 0 bridgehead atoms. The normalized spacial score (nSPS) is 11.8. The first-order chi connectivity index (χ1) is 7.95. The van der Waals surface area contributed by atoms with E-state index in [1.54, 1.807) is 0 Å². The van der Waals surface area contributed by atoms with Gasteiger partial charge in [0.25, 0.3) is 5.91 Å². The zero-order valence-electron chi connectivity index (χ0n) is 8.51. The Hall–Kier alpha value is -2.42. The van der Waals surface area contributed by atoms with Gasteiger partial charge in [-0.05, 0) is 0 Å². The summed E-state index contributed by atoms with van der Waals surface area (Å²) in [7, 11) is 0.